The lowest BCUT2D eigenvalue weighted by molar-refractivity contribution is 0.112. The van der Waals surface area contributed by atoms with Crippen molar-refractivity contribution in [3.05, 3.63) is 34.2 Å². The van der Waals surface area contributed by atoms with Gasteiger partial charge in [0.1, 0.15) is 0 Å². The molecule has 1 N–H and O–H groups in total. The Morgan fingerprint density at radius 3 is 2.93 bits per heavy atom. The first kappa shape index (κ1) is 9.37. The Balaban J connectivity index is 2.83. The molecule has 0 fully saturated rings. The molecule has 2 aromatic rings. The molecule has 0 amide bonds. The van der Waals surface area contributed by atoms with Crippen LogP contribution in [0.25, 0.3) is 10.1 Å². The summed E-state index contributed by atoms with van der Waals surface area (Å²) in [5, 5.41) is 10.1. The molecule has 2 nitrogen and oxygen atoms in total. The number of hydrogen-bond donors (Lipinski definition) is 1. The van der Waals surface area contributed by atoms with Gasteiger partial charge in [0.15, 0.2) is 6.29 Å². The molecular formula is C11H10O2S. The zero-order valence-electron chi connectivity index (χ0n) is 7.78. The average Bonchev–Trinajstić information content (AvgIpc) is 2.57. The van der Waals surface area contributed by atoms with Gasteiger partial charge in [0.05, 0.1) is 6.61 Å². The smallest absolute Gasteiger partial charge is 0.151 e. The van der Waals surface area contributed by atoms with Crippen LogP contribution in [-0.2, 0) is 6.61 Å². The Kier molecular flexibility index (Phi) is 2.35. The highest BCUT2D eigenvalue weighted by molar-refractivity contribution is 7.19. The van der Waals surface area contributed by atoms with Gasteiger partial charge >= 0.3 is 0 Å². The van der Waals surface area contributed by atoms with Gasteiger partial charge in [0.25, 0.3) is 0 Å². The monoisotopic (exact) mass is 206 g/mol. The van der Waals surface area contributed by atoms with Crippen molar-refractivity contribution >= 4 is 27.7 Å². The van der Waals surface area contributed by atoms with Crippen LogP contribution in [0, 0.1) is 6.92 Å². The van der Waals surface area contributed by atoms with E-state index in [0.29, 0.717) is 5.56 Å². The minimum atomic E-state index is 0.0197. The molecule has 0 saturated carbocycles. The minimum absolute atomic E-state index is 0.0197. The SMILES string of the molecule is Cc1cc2c(CO)ccc(C=O)c2s1. The molecule has 1 aromatic heterocycles. The molecule has 0 atom stereocenters. The summed E-state index contributed by atoms with van der Waals surface area (Å²) in [4.78, 5) is 11.9. The molecule has 1 aromatic carbocycles. The van der Waals surface area contributed by atoms with Crippen LogP contribution in [0.4, 0.5) is 0 Å². The van der Waals surface area contributed by atoms with Crippen molar-refractivity contribution in [2.45, 2.75) is 13.5 Å². The minimum Gasteiger partial charge on any atom is -0.392 e. The molecule has 14 heavy (non-hydrogen) atoms. The van der Waals surface area contributed by atoms with Crippen molar-refractivity contribution in [2.24, 2.45) is 0 Å². The van der Waals surface area contributed by atoms with Gasteiger partial charge in [-0.25, -0.2) is 0 Å². The first-order valence-corrected chi connectivity index (χ1v) is 5.16. The standard InChI is InChI=1S/C11H10O2S/c1-7-4-10-8(5-12)2-3-9(6-13)11(10)14-7/h2-4,6,12H,5H2,1H3. The van der Waals surface area contributed by atoms with Crippen LogP contribution in [0.1, 0.15) is 20.8 Å². The second-order valence-corrected chi connectivity index (χ2v) is 4.45. The number of rotatable bonds is 2. The highest BCUT2D eigenvalue weighted by atomic mass is 32.1. The normalized spacial score (nSPS) is 10.7. The number of aliphatic hydroxyl groups excluding tert-OH is 1. The summed E-state index contributed by atoms with van der Waals surface area (Å²) in [5.74, 6) is 0. The molecule has 0 aliphatic rings. The topological polar surface area (TPSA) is 37.3 Å². The van der Waals surface area contributed by atoms with Crippen LogP contribution in [0.5, 0.6) is 0 Å². The lowest BCUT2D eigenvalue weighted by Crippen LogP contribution is -1.86. The second-order valence-electron chi connectivity index (χ2n) is 3.19. The number of benzene rings is 1. The number of thiophene rings is 1. The van der Waals surface area contributed by atoms with Crippen LogP contribution >= 0.6 is 11.3 Å². The number of carbonyl (C=O) groups is 1. The van der Waals surface area contributed by atoms with Crippen LogP contribution in [0.3, 0.4) is 0 Å². The third-order valence-corrected chi connectivity index (χ3v) is 3.32. The number of fused-ring (bicyclic) bond motifs is 1. The molecule has 0 bridgehead atoms. The molecule has 0 unspecified atom stereocenters. The summed E-state index contributed by atoms with van der Waals surface area (Å²) in [5.41, 5.74) is 1.59. The van der Waals surface area contributed by atoms with Crippen LogP contribution in [0.2, 0.25) is 0 Å². The van der Waals surface area contributed by atoms with Crippen LogP contribution in [-0.4, -0.2) is 11.4 Å². The summed E-state index contributed by atoms with van der Waals surface area (Å²) < 4.78 is 0.976. The Labute approximate surface area is 85.8 Å². The molecule has 72 valence electrons. The first-order valence-electron chi connectivity index (χ1n) is 4.34. The van der Waals surface area contributed by atoms with E-state index in [2.05, 4.69) is 0 Å². The van der Waals surface area contributed by atoms with E-state index in [4.69, 9.17) is 5.11 Å². The maximum atomic E-state index is 10.8. The molecule has 3 heteroatoms. The van der Waals surface area contributed by atoms with E-state index >= 15 is 0 Å². The Morgan fingerprint density at radius 1 is 1.50 bits per heavy atom. The van der Waals surface area contributed by atoms with Crippen LogP contribution < -0.4 is 0 Å². The maximum absolute atomic E-state index is 10.8. The molecule has 0 radical (unpaired) electrons. The number of carbonyl (C=O) groups excluding carboxylic acids is 1. The van der Waals surface area contributed by atoms with E-state index in [-0.39, 0.29) is 6.61 Å². The summed E-state index contributed by atoms with van der Waals surface area (Å²) in [6, 6.07) is 5.58. The highest BCUT2D eigenvalue weighted by Gasteiger charge is 2.07. The largest absolute Gasteiger partial charge is 0.392 e. The fraction of sp³-hybridized carbons (Fsp3) is 0.182. The van der Waals surface area contributed by atoms with Gasteiger partial charge in [0.2, 0.25) is 0 Å². The Hall–Kier alpha value is -1.19. The zero-order valence-corrected chi connectivity index (χ0v) is 8.60. The molecule has 0 aliphatic carbocycles. The van der Waals surface area contributed by atoms with E-state index in [9.17, 15) is 4.79 Å². The van der Waals surface area contributed by atoms with Crippen molar-refractivity contribution in [1.29, 1.82) is 0 Å². The summed E-state index contributed by atoms with van der Waals surface area (Å²) in [7, 11) is 0. The van der Waals surface area contributed by atoms with Gasteiger partial charge in [-0.05, 0) is 30.0 Å². The van der Waals surface area contributed by atoms with E-state index in [1.165, 1.54) is 0 Å². The third kappa shape index (κ3) is 1.35. The van der Waals surface area contributed by atoms with Crippen molar-refractivity contribution < 1.29 is 9.90 Å². The molecule has 1 heterocycles. The lowest BCUT2D eigenvalue weighted by Gasteiger charge is -1.99. The van der Waals surface area contributed by atoms with E-state index in [1.54, 1.807) is 23.5 Å². The van der Waals surface area contributed by atoms with E-state index in [0.717, 1.165) is 26.8 Å². The number of aldehydes is 1. The third-order valence-electron chi connectivity index (χ3n) is 2.22. The van der Waals surface area contributed by atoms with Gasteiger partial charge in [-0.2, -0.15) is 0 Å². The van der Waals surface area contributed by atoms with E-state index < -0.39 is 0 Å². The van der Waals surface area contributed by atoms with Gasteiger partial charge in [-0.15, -0.1) is 11.3 Å². The molecule has 0 saturated heterocycles. The molecule has 2 rings (SSSR count). The fourth-order valence-corrected chi connectivity index (χ4v) is 2.59. The predicted octanol–water partition coefficient (Wildman–Crippen LogP) is 2.51. The van der Waals surface area contributed by atoms with Gasteiger partial charge in [-0.3, -0.25) is 4.79 Å². The first-order chi connectivity index (χ1) is 6.76. The highest BCUT2D eigenvalue weighted by Crippen LogP contribution is 2.30. The van der Waals surface area contributed by atoms with Crippen molar-refractivity contribution in [3.8, 4) is 0 Å². The second kappa shape index (κ2) is 3.52. The zero-order chi connectivity index (χ0) is 10.1. The quantitative estimate of drug-likeness (QED) is 0.766. The van der Waals surface area contributed by atoms with E-state index in [1.807, 2.05) is 13.0 Å². The average molecular weight is 206 g/mol. The number of aliphatic hydroxyl groups is 1. The Bertz CT molecular complexity index is 485. The molecular weight excluding hydrogens is 196 g/mol. The number of aryl methyl sites for hydroxylation is 1. The van der Waals surface area contributed by atoms with Crippen molar-refractivity contribution in [1.82, 2.24) is 0 Å². The van der Waals surface area contributed by atoms with Gasteiger partial charge in [-0.1, -0.05) is 6.07 Å². The summed E-state index contributed by atoms with van der Waals surface area (Å²) >= 11 is 1.59. The Morgan fingerprint density at radius 2 is 2.29 bits per heavy atom. The summed E-state index contributed by atoms with van der Waals surface area (Å²) in [6.45, 7) is 2.02. The lowest BCUT2D eigenvalue weighted by atomic mass is 10.1. The van der Waals surface area contributed by atoms with Crippen LogP contribution in [0.15, 0.2) is 18.2 Å². The molecule has 0 spiro atoms. The molecule has 0 aliphatic heterocycles. The maximum Gasteiger partial charge on any atom is 0.151 e. The van der Waals surface area contributed by atoms with Gasteiger partial charge < -0.3 is 5.11 Å². The number of hydrogen-bond acceptors (Lipinski definition) is 3. The van der Waals surface area contributed by atoms with Gasteiger partial charge in [0, 0.05) is 15.1 Å². The predicted molar refractivity (Wildman–Crippen MR) is 57.9 cm³/mol. The van der Waals surface area contributed by atoms with Crippen molar-refractivity contribution in [3.63, 3.8) is 0 Å². The fourth-order valence-electron chi connectivity index (χ4n) is 1.55. The van der Waals surface area contributed by atoms with Crippen molar-refractivity contribution in [2.75, 3.05) is 0 Å². The summed E-state index contributed by atoms with van der Waals surface area (Å²) in [6.07, 6.45) is 0.861.